The summed E-state index contributed by atoms with van der Waals surface area (Å²) in [6.45, 7) is 1.19. The van der Waals surface area contributed by atoms with Gasteiger partial charge in [-0.3, -0.25) is 9.59 Å². The largest absolute Gasteiger partial charge is 0.322 e. The van der Waals surface area contributed by atoms with Crippen molar-refractivity contribution >= 4 is 27.5 Å². The molecule has 2 amide bonds. The van der Waals surface area contributed by atoms with Gasteiger partial charge < -0.3 is 5.32 Å². The Morgan fingerprint density at radius 1 is 1.16 bits per heavy atom. The minimum absolute atomic E-state index is 0.0425. The van der Waals surface area contributed by atoms with Crippen LogP contribution in [0, 0.1) is 11.6 Å². The Morgan fingerprint density at radius 3 is 2.52 bits per heavy atom. The van der Waals surface area contributed by atoms with Gasteiger partial charge in [-0.2, -0.15) is 0 Å². The van der Waals surface area contributed by atoms with Crippen LogP contribution >= 0.6 is 0 Å². The number of hydrogen-bond acceptors (Lipinski definition) is 4. The van der Waals surface area contributed by atoms with Crippen LogP contribution < -0.4 is 5.32 Å². The molecule has 0 radical (unpaired) electrons. The fourth-order valence-corrected chi connectivity index (χ4v) is 4.25. The molecule has 9 heteroatoms. The van der Waals surface area contributed by atoms with Gasteiger partial charge in [0.25, 0.3) is 15.9 Å². The van der Waals surface area contributed by atoms with Gasteiger partial charge in [0.1, 0.15) is 22.6 Å². The van der Waals surface area contributed by atoms with Gasteiger partial charge in [-0.05, 0) is 31.2 Å². The third kappa shape index (κ3) is 2.76. The zero-order valence-electron chi connectivity index (χ0n) is 12.9. The van der Waals surface area contributed by atoms with Crippen molar-refractivity contribution in [3.8, 4) is 0 Å². The molecular weight excluding hydrogens is 354 g/mol. The number of sulfonamides is 1. The summed E-state index contributed by atoms with van der Waals surface area (Å²) in [5, 5.41) is 2.10. The number of nitrogens with one attached hydrogen (secondary N) is 1. The summed E-state index contributed by atoms with van der Waals surface area (Å²) >= 11 is 0. The van der Waals surface area contributed by atoms with Crippen LogP contribution in [0.2, 0.25) is 0 Å². The van der Waals surface area contributed by atoms with Crippen LogP contribution in [0.3, 0.4) is 0 Å². The van der Waals surface area contributed by atoms with Gasteiger partial charge in [0.2, 0.25) is 5.91 Å². The minimum atomic E-state index is -4.20. The van der Waals surface area contributed by atoms with Crippen molar-refractivity contribution in [3.05, 3.63) is 59.7 Å². The van der Waals surface area contributed by atoms with Crippen LogP contribution in [0.1, 0.15) is 17.3 Å². The maximum atomic E-state index is 13.6. The molecule has 0 bridgehead atoms. The molecule has 1 unspecified atom stereocenters. The lowest BCUT2D eigenvalue weighted by molar-refractivity contribution is -0.118. The number of carbonyl (C=O) groups excluding carboxylic acids is 2. The average molecular weight is 366 g/mol. The molecule has 3 rings (SSSR count). The van der Waals surface area contributed by atoms with Crippen molar-refractivity contribution in [1.82, 2.24) is 4.31 Å². The summed E-state index contributed by atoms with van der Waals surface area (Å²) in [6, 6.07) is 6.57. The molecule has 1 atom stereocenters. The van der Waals surface area contributed by atoms with Gasteiger partial charge in [-0.1, -0.05) is 12.1 Å². The summed E-state index contributed by atoms with van der Waals surface area (Å²) in [6.07, 6.45) is 0. The van der Waals surface area contributed by atoms with Crippen LogP contribution in [0.25, 0.3) is 0 Å². The van der Waals surface area contributed by atoms with Crippen LogP contribution in [0.5, 0.6) is 0 Å². The fraction of sp³-hybridized carbons (Fsp3) is 0.125. The number of carbonyl (C=O) groups is 2. The number of benzene rings is 2. The predicted molar refractivity (Wildman–Crippen MR) is 84.2 cm³/mol. The first-order chi connectivity index (χ1) is 11.7. The highest BCUT2D eigenvalue weighted by molar-refractivity contribution is 7.90. The molecule has 1 aliphatic rings. The van der Waals surface area contributed by atoms with Crippen molar-refractivity contribution in [1.29, 1.82) is 0 Å². The van der Waals surface area contributed by atoms with E-state index in [0.29, 0.717) is 4.31 Å². The molecule has 6 nitrogen and oxygen atoms in total. The molecule has 130 valence electrons. The Labute approximate surface area is 142 Å². The van der Waals surface area contributed by atoms with E-state index in [-0.39, 0.29) is 10.5 Å². The highest BCUT2D eigenvalue weighted by Gasteiger charge is 2.45. The zero-order valence-corrected chi connectivity index (χ0v) is 13.7. The van der Waals surface area contributed by atoms with Crippen molar-refractivity contribution in [2.45, 2.75) is 17.9 Å². The first-order valence-corrected chi connectivity index (χ1v) is 8.61. The number of hydrogen-bond donors (Lipinski definition) is 1. The second kappa shape index (κ2) is 5.92. The predicted octanol–water partition coefficient (Wildman–Crippen LogP) is 2.14. The Bertz CT molecular complexity index is 991. The molecule has 0 fully saturated rings. The quantitative estimate of drug-likeness (QED) is 0.902. The third-order valence-electron chi connectivity index (χ3n) is 3.77. The summed E-state index contributed by atoms with van der Waals surface area (Å²) in [5.74, 6) is -3.48. The second-order valence-corrected chi connectivity index (χ2v) is 7.17. The molecule has 0 aromatic heterocycles. The monoisotopic (exact) mass is 366 g/mol. The van der Waals surface area contributed by atoms with Gasteiger partial charge in [0.05, 0.1) is 11.3 Å². The van der Waals surface area contributed by atoms with E-state index >= 15 is 0 Å². The maximum absolute atomic E-state index is 13.6. The number of amides is 2. The summed E-state index contributed by atoms with van der Waals surface area (Å²) < 4.78 is 52.3. The number of anilines is 1. The van der Waals surface area contributed by atoms with Crippen LogP contribution in [-0.4, -0.2) is 30.6 Å². The summed E-state index contributed by atoms with van der Waals surface area (Å²) in [4.78, 5) is 24.5. The normalized spacial score (nSPS) is 16.4. The lowest BCUT2D eigenvalue weighted by Crippen LogP contribution is -2.45. The van der Waals surface area contributed by atoms with Crippen molar-refractivity contribution < 1.29 is 26.8 Å². The lowest BCUT2D eigenvalue weighted by atomic mass is 10.2. The van der Waals surface area contributed by atoms with E-state index in [1.165, 1.54) is 31.2 Å². The molecule has 1 N–H and O–H groups in total. The second-order valence-electron chi connectivity index (χ2n) is 5.39. The number of rotatable bonds is 3. The Balaban J connectivity index is 1.91. The molecule has 25 heavy (non-hydrogen) atoms. The van der Waals surface area contributed by atoms with Crippen LogP contribution in [-0.2, 0) is 14.8 Å². The fourth-order valence-electron chi connectivity index (χ4n) is 2.52. The molecule has 0 spiro atoms. The zero-order chi connectivity index (χ0) is 18.4. The van der Waals surface area contributed by atoms with E-state index in [1.807, 2.05) is 0 Å². The highest BCUT2D eigenvalue weighted by atomic mass is 32.2. The van der Waals surface area contributed by atoms with E-state index < -0.39 is 45.2 Å². The van der Waals surface area contributed by atoms with Gasteiger partial charge in [0, 0.05) is 6.07 Å². The van der Waals surface area contributed by atoms with Crippen LogP contribution in [0.4, 0.5) is 14.5 Å². The number of halogens is 2. The first-order valence-electron chi connectivity index (χ1n) is 7.17. The van der Waals surface area contributed by atoms with E-state index in [2.05, 4.69) is 5.32 Å². The van der Waals surface area contributed by atoms with E-state index in [9.17, 15) is 26.8 Å². The number of fused-ring (bicyclic) bond motifs is 1. The van der Waals surface area contributed by atoms with Crippen molar-refractivity contribution in [2.75, 3.05) is 5.32 Å². The van der Waals surface area contributed by atoms with Gasteiger partial charge in [-0.25, -0.2) is 21.5 Å². The summed E-state index contributed by atoms with van der Waals surface area (Å²) in [7, 11) is -4.20. The SMILES string of the molecule is CC(C(=O)Nc1cc(F)ccc1F)N1C(=O)c2ccccc2S1(=O)=O. The molecule has 2 aromatic carbocycles. The summed E-state index contributed by atoms with van der Waals surface area (Å²) in [5.41, 5.74) is -0.488. The van der Waals surface area contributed by atoms with Gasteiger partial charge in [-0.15, -0.1) is 0 Å². The average Bonchev–Trinajstić information content (AvgIpc) is 2.77. The maximum Gasteiger partial charge on any atom is 0.269 e. The minimum Gasteiger partial charge on any atom is -0.322 e. The standard InChI is InChI=1S/C16H12F2N2O4S/c1-9(15(21)19-13-8-10(17)6-7-12(13)18)20-16(22)11-4-2-3-5-14(11)25(20,23)24/h2-9H,1H3,(H,19,21). The molecule has 0 saturated carbocycles. The Hall–Kier alpha value is -2.81. The van der Waals surface area contributed by atoms with Gasteiger partial charge in [0.15, 0.2) is 0 Å². The topological polar surface area (TPSA) is 83.6 Å². The molecule has 0 aliphatic carbocycles. The highest BCUT2D eigenvalue weighted by Crippen LogP contribution is 2.32. The smallest absolute Gasteiger partial charge is 0.269 e. The van der Waals surface area contributed by atoms with E-state index in [4.69, 9.17) is 0 Å². The molecule has 0 saturated heterocycles. The molecule has 1 heterocycles. The van der Waals surface area contributed by atoms with Crippen LogP contribution in [0.15, 0.2) is 47.4 Å². The van der Waals surface area contributed by atoms with E-state index in [1.54, 1.807) is 0 Å². The third-order valence-corrected chi connectivity index (χ3v) is 5.68. The Morgan fingerprint density at radius 2 is 1.84 bits per heavy atom. The molecular formula is C16H12F2N2O4S. The molecule has 1 aliphatic heterocycles. The molecule has 2 aromatic rings. The first kappa shape index (κ1) is 17.0. The van der Waals surface area contributed by atoms with E-state index in [0.717, 1.165) is 18.2 Å². The Kier molecular flexibility index (Phi) is 4.03. The van der Waals surface area contributed by atoms with Crippen molar-refractivity contribution in [2.24, 2.45) is 0 Å². The van der Waals surface area contributed by atoms with Crippen molar-refractivity contribution in [3.63, 3.8) is 0 Å². The lowest BCUT2D eigenvalue weighted by Gasteiger charge is -2.22. The number of nitrogens with zero attached hydrogens (tertiary/aromatic N) is 1. The van der Waals surface area contributed by atoms with Gasteiger partial charge >= 0.3 is 0 Å².